The normalized spacial score (nSPS) is 19.6. The van der Waals surface area contributed by atoms with Crippen LogP contribution in [0.5, 0.6) is 0 Å². The van der Waals surface area contributed by atoms with Crippen LogP contribution in [0.2, 0.25) is 0 Å². The Labute approximate surface area is 99.8 Å². The molecule has 0 radical (unpaired) electrons. The van der Waals surface area contributed by atoms with E-state index in [2.05, 4.69) is 5.32 Å². The van der Waals surface area contributed by atoms with Gasteiger partial charge in [-0.1, -0.05) is 0 Å². The minimum absolute atomic E-state index is 0.376. The van der Waals surface area contributed by atoms with Crippen molar-refractivity contribution in [3.05, 3.63) is 29.8 Å². The zero-order valence-corrected chi connectivity index (χ0v) is 9.93. The van der Waals surface area contributed by atoms with Crippen LogP contribution in [0, 0.1) is 5.92 Å². The predicted octanol–water partition coefficient (Wildman–Crippen LogP) is 1.95. The molecule has 3 N–H and O–H groups in total. The van der Waals surface area contributed by atoms with Crippen molar-refractivity contribution in [1.82, 2.24) is 0 Å². The molecule has 0 aliphatic carbocycles. The van der Waals surface area contributed by atoms with Crippen molar-refractivity contribution < 1.29 is 4.79 Å². The molecule has 86 valence electrons. The zero-order valence-electron chi connectivity index (χ0n) is 9.11. The predicted molar refractivity (Wildman–Crippen MR) is 68.9 cm³/mol. The molecule has 16 heavy (non-hydrogen) atoms. The Balaban J connectivity index is 1.87. The first-order chi connectivity index (χ1) is 7.75. The van der Waals surface area contributed by atoms with E-state index in [1.54, 1.807) is 12.1 Å². The van der Waals surface area contributed by atoms with Gasteiger partial charge in [-0.3, -0.25) is 4.79 Å². The zero-order chi connectivity index (χ0) is 11.4. The van der Waals surface area contributed by atoms with Gasteiger partial charge in [-0.05, 0) is 48.1 Å². The molecule has 2 rings (SSSR count). The Morgan fingerprint density at radius 1 is 1.44 bits per heavy atom. The number of amides is 1. The maximum absolute atomic E-state index is 10.9. The Morgan fingerprint density at radius 2 is 2.19 bits per heavy atom. The van der Waals surface area contributed by atoms with E-state index in [-0.39, 0.29) is 5.91 Å². The summed E-state index contributed by atoms with van der Waals surface area (Å²) in [6.45, 7) is 1.02. The fraction of sp³-hybridized carbons (Fsp3) is 0.417. The van der Waals surface area contributed by atoms with Crippen molar-refractivity contribution in [2.45, 2.75) is 6.42 Å². The molecule has 0 aromatic heterocycles. The molecule has 1 aliphatic rings. The standard InChI is InChI=1S/C12H16N2OS/c13-12(15)10-1-3-11(4-2-10)14-7-9-5-6-16-8-9/h1-4,9,14H,5-8H2,(H2,13,15). The molecule has 1 fully saturated rings. The summed E-state index contributed by atoms with van der Waals surface area (Å²) in [5, 5.41) is 3.39. The third-order valence-corrected chi connectivity index (χ3v) is 4.02. The fourth-order valence-electron chi connectivity index (χ4n) is 1.76. The van der Waals surface area contributed by atoms with Crippen molar-refractivity contribution in [3.63, 3.8) is 0 Å². The van der Waals surface area contributed by atoms with Gasteiger partial charge < -0.3 is 11.1 Å². The van der Waals surface area contributed by atoms with Gasteiger partial charge in [0.05, 0.1) is 0 Å². The monoisotopic (exact) mass is 236 g/mol. The van der Waals surface area contributed by atoms with E-state index in [9.17, 15) is 4.79 Å². The molecule has 1 heterocycles. The van der Waals surface area contributed by atoms with Gasteiger partial charge >= 0.3 is 0 Å². The van der Waals surface area contributed by atoms with Crippen LogP contribution >= 0.6 is 11.8 Å². The van der Waals surface area contributed by atoms with Gasteiger partial charge in [0.1, 0.15) is 0 Å². The van der Waals surface area contributed by atoms with E-state index in [1.165, 1.54) is 17.9 Å². The van der Waals surface area contributed by atoms with E-state index in [1.807, 2.05) is 23.9 Å². The molecule has 4 heteroatoms. The van der Waals surface area contributed by atoms with Crippen molar-refractivity contribution in [2.75, 3.05) is 23.4 Å². The molecule has 0 bridgehead atoms. The van der Waals surface area contributed by atoms with Crippen molar-refractivity contribution >= 4 is 23.4 Å². The first kappa shape index (κ1) is 11.3. The number of hydrogen-bond donors (Lipinski definition) is 2. The minimum Gasteiger partial charge on any atom is -0.385 e. The number of primary amides is 1. The second kappa shape index (κ2) is 5.25. The van der Waals surface area contributed by atoms with Gasteiger partial charge in [0.15, 0.2) is 0 Å². The number of thioether (sulfide) groups is 1. The van der Waals surface area contributed by atoms with Crippen LogP contribution in [-0.2, 0) is 0 Å². The molecule has 1 aromatic rings. The Kier molecular flexibility index (Phi) is 3.72. The number of nitrogens with two attached hydrogens (primary N) is 1. The average molecular weight is 236 g/mol. The van der Waals surface area contributed by atoms with E-state index in [4.69, 9.17) is 5.73 Å². The van der Waals surface area contributed by atoms with E-state index >= 15 is 0 Å². The van der Waals surface area contributed by atoms with Gasteiger partial charge in [0.25, 0.3) is 0 Å². The molecule has 1 atom stereocenters. The SMILES string of the molecule is NC(=O)c1ccc(NCC2CCSC2)cc1. The summed E-state index contributed by atoms with van der Waals surface area (Å²) in [6.07, 6.45) is 1.30. The van der Waals surface area contributed by atoms with Crippen LogP contribution in [0.15, 0.2) is 24.3 Å². The number of hydrogen-bond acceptors (Lipinski definition) is 3. The first-order valence-corrected chi connectivity index (χ1v) is 6.62. The number of nitrogens with one attached hydrogen (secondary N) is 1. The summed E-state index contributed by atoms with van der Waals surface area (Å²) in [5.41, 5.74) is 6.79. The van der Waals surface area contributed by atoms with Crippen LogP contribution in [0.3, 0.4) is 0 Å². The highest BCUT2D eigenvalue weighted by Gasteiger charge is 2.14. The van der Waals surface area contributed by atoms with E-state index < -0.39 is 0 Å². The molecule has 1 amide bonds. The van der Waals surface area contributed by atoms with Crippen molar-refractivity contribution in [2.24, 2.45) is 11.7 Å². The molecule has 3 nitrogen and oxygen atoms in total. The molecule has 1 aromatic carbocycles. The Bertz CT molecular complexity index is 358. The molecule has 1 unspecified atom stereocenters. The summed E-state index contributed by atoms with van der Waals surface area (Å²) in [4.78, 5) is 10.9. The first-order valence-electron chi connectivity index (χ1n) is 5.47. The Hall–Kier alpha value is -1.16. The topological polar surface area (TPSA) is 55.1 Å². The molecule has 0 spiro atoms. The smallest absolute Gasteiger partial charge is 0.248 e. The lowest BCUT2D eigenvalue weighted by molar-refractivity contribution is 0.100. The van der Waals surface area contributed by atoms with E-state index in [0.717, 1.165) is 18.2 Å². The summed E-state index contributed by atoms with van der Waals surface area (Å²) >= 11 is 2.02. The number of carbonyl (C=O) groups excluding carboxylic acids is 1. The van der Waals surface area contributed by atoms with Gasteiger partial charge in [-0.25, -0.2) is 0 Å². The van der Waals surface area contributed by atoms with Crippen LogP contribution < -0.4 is 11.1 Å². The van der Waals surface area contributed by atoms with E-state index in [0.29, 0.717) is 5.56 Å². The van der Waals surface area contributed by atoms with Gasteiger partial charge in [0.2, 0.25) is 5.91 Å². The lowest BCUT2D eigenvalue weighted by atomic mass is 10.1. The molecule has 1 aliphatic heterocycles. The van der Waals surface area contributed by atoms with Crippen LogP contribution in [-0.4, -0.2) is 24.0 Å². The van der Waals surface area contributed by atoms with Crippen LogP contribution in [0.1, 0.15) is 16.8 Å². The lowest BCUT2D eigenvalue weighted by Gasteiger charge is -2.11. The number of benzene rings is 1. The van der Waals surface area contributed by atoms with Crippen LogP contribution in [0.25, 0.3) is 0 Å². The molecule has 1 saturated heterocycles. The summed E-state index contributed by atoms with van der Waals surface area (Å²) in [6, 6.07) is 7.33. The molecule has 0 saturated carbocycles. The van der Waals surface area contributed by atoms with Gasteiger partial charge in [0, 0.05) is 17.8 Å². The minimum atomic E-state index is -0.376. The number of carbonyl (C=O) groups is 1. The highest BCUT2D eigenvalue weighted by atomic mass is 32.2. The molecular weight excluding hydrogens is 220 g/mol. The highest BCUT2D eigenvalue weighted by Crippen LogP contribution is 2.23. The number of rotatable bonds is 4. The summed E-state index contributed by atoms with van der Waals surface area (Å²) in [7, 11) is 0. The van der Waals surface area contributed by atoms with Gasteiger partial charge in [-0.2, -0.15) is 11.8 Å². The van der Waals surface area contributed by atoms with Gasteiger partial charge in [-0.15, -0.1) is 0 Å². The maximum atomic E-state index is 10.9. The quantitative estimate of drug-likeness (QED) is 0.840. The molecular formula is C12H16N2OS. The Morgan fingerprint density at radius 3 is 2.75 bits per heavy atom. The lowest BCUT2D eigenvalue weighted by Crippen LogP contribution is -2.14. The second-order valence-electron chi connectivity index (χ2n) is 4.05. The number of anilines is 1. The summed E-state index contributed by atoms with van der Waals surface area (Å²) in [5.74, 6) is 2.94. The summed E-state index contributed by atoms with van der Waals surface area (Å²) < 4.78 is 0. The van der Waals surface area contributed by atoms with Crippen LogP contribution in [0.4, 0.5) is 5.69 Å². The highest BCUT2D eigenvalue weighted by molar-refractivity contribution is 7.99. The third kappa shape index (κ3) is 2.92. The average Bonchev–Trinajstić information content (AvgIpc) is 2.80. The fourth-order valence-corrected chi connectivity index (χ4v) is 3.04. The maximum Gasteiger partial charge on any atom is 0.248 e. The second-order valence-corrected chi connectivity index (χ2v) is 5.20. The largest absolute Gasteiger partial charge is 0.385 e. The third-order valence-electron chi connectivity index (χ3n) is 2.79. The van der Waals surface area contributed by atoms with Crippen molar-refractivity contribution in [1.29, 1.82) is 0 Å². The van der Waals surface area contributed by atoms with Crippen molar-refractivity contribution in [3.8, 4) is 0 Å².